The first-order valence-corrected chi connectivity index (χ1v) is 16.4. The van der Waals surface area contributed by atoms with Gasteiger partial charge in [-0.05, 0) is 41.4 Å². The molecule has 0 aliphatic carbocycles. The summed E-state index contributed by atoms with van der Waals surface area (Å²) >= 11 is 0. The second-order valence-electron chi connectivity index (χ2n) is 11.2. The smallest absolute Gasteiger partial charge is 0.463 e. The highest BCUT2D eigenvalue weighted by atomic mass is 28.4. The summed E-state index contributed by atoms with van der Waals surface area (Å²) in [5, 5.41) is -1.06. The van der Waals surface area contributed by atoms with Gasteiger partial charge in [-0.3, -0.25) is 4.79 Å². The molecule has 0 N–H and O–H groups in total. The predicted octanol–water partition coefficient (Wildman–Crippen LogP) is 7.38. The lowest BCUT2D eigenvalue weighted by Crippen LogP contribution is -2.64. The minimum atomic E-state index is -6.05. The van der Waals surface area contributed by atoms with Gasteiger partial charge in [-0.2, -0.15) is 22.0 Å². The number of carbonyl (C=O) groups excluding carboxylic acids is 2. The van der Waals surface area contributed by atoms with Gasteiger partial charge in [-0.15, -0.1) is 0 Å². The molecule has 0 aliphatic rings. The lowest BCUT2D eigenvalue weighted by atomic mass is 10.2. The monoisotopic (exact) mass is 511 g/mol. The van der Waals surface area contributed by atoms with Crippen molar-refractivity contribution < 1.29 is 36.0 Å². The van der Waals surface area contributed by atoms with Crippen molar-refractivity contribution in [1.82, 2.24) is 0 Å². The first-order valence-electron chi connectivity index (χ1n) is 10.5. The molecule has 4 nitrogen and oxygen atoms in total. The summed E-state index contributed by atoms with van der Waals surface area (Å²) < 4.78 is 74.0. The molecule has 0 bridgehead atoms. The van der Waals surface area contributed by atoms with Crippen LogP contribution in [-0.2, 0) is 9.22 Å². The third-order valence-corrected chi connectivity index (χ3v) is 16.3. The Kier molecular flexibility index (Phi) is 7.80. The number of hydrogen-bond donors (Lipinski definition) is 0. The molecule has 0 spiro atoms. The van der Waals surface area contributed by atoms with Gasteiger partial charge in [0.25, 0.3) is 14.2 Å². The van der Waals surface area contributed by atoms with E-state index in [-0.39, 0.29) is 16.3 Å². The number of anilines is 1. The summed E-state index contributed by atoms with van der Waals surface area (Å²) in [5.74, 6) is -8.65. The number of amides is 1. The fourth-order valence-electron chi connectivity index (χ4n) is 2.51. The lowest BCUT2D eigenvalue weighted by Gasteiger charge is -2.46. The molecular weight excluding hydrogens is 477 g/mol. The molecule has 1 aromatic carbocycles. The first-order chi connectivity index (χ1) is 14.4. The Bertz CT molecular complexity index is 901. The molecule has 0 saturated heterocycles. The van der Waals surface area contributed by atoms with E-state index in [1.54, 1.807) is 20.8 Å². The molecule has 0 heterocycles. The average Bonchev–Trinajstić information content (AvgIpc) is 2.58. The van der Waals surface area contributed by atoms with E-state index in [9.17, 15) is 31.5 Å². The molecule has 1 rings (SSSR count). The highest BCUT2D eigenvalue weighted by molar-refractivity contribution is 6.86. The topological polar surface area (TPSA) is 46.6 Å². The average molecular weight is 512 g/mol. The number of nitrogens with zero attached hydrogens (tertiary/aromatic N) is 1. The zero-order chi connectivity index (χ0) is 26.4. The lowest BCUT2D eigenvalue weighted by molar-refractivity contribution is -0.268. The molecule has 0 saturated carbocycles. The van der Waals surface area contributed by atoms with Gasteiger partial charge < -0.3 is 8.99 Å². The molecule has 0 aliphatic heterocycles. The van der Waals surface area contributed by atoms with Crippen molar-refractivity contribution in [2.24, 2.45) is 0 Å². The van der Waals surface area contributed by atoms with Crippen LogP contribution >= 0.6 is 0 Å². The Hall–Kier alpha value is -1.76. The standard InChI is InChI=1S/C22H34F5NO3Si2/c1-19(2,3)32(7,8)28(18(30)21(23,24)22(25,26)27)16-13-11-12-15(14-16)17(29)31-33(9,10)20(4,5)6/h11-14H,1-10H3. The number of benzene rings is 1. The van der Waals surface area contributed by atoms with Crippen LogP contribution in [-0.4, -0.2) is 40.5 Å². The van der Waals surface area contributed by atoms with Gasteiger partial charge in [0.1, 0.15) is 0 Å². The van der Waals surface area contributed by atoms with Crippen LogP contribution in [0.3, 0.4) is 0 Å². The Morgan fingerprint density at radius 2 is 1.33 bits per heavy atom. The van der Waals surface area contributed by atoms with E-state index in [1.165, 1.54) is 31.3 Å². The van der Waals surface area contributed by atoms with E-state index in [0.29, 0.717) is 4.57 Å². The molecule has 0 aromatic heterocycles. The fraction of sp³-hybridized carbons (Fsp3) is 0.636. The number of carbonyl (C=O) groups is 2. The highest BCUT2D eigenvalue weighted by Gasteiger charge is 2.66. The Labute approximate surface area is 194 Å². The van der Waals surface area contributed by atoms with Crippen LogP contribution in [0.1, 0.15) is 51.9 Å². The SMILES string of the molecule is CC(C)(C)[Si](C)(C)OC(=O)c1cccc(N(C(=O)C(F)(F)C(F)(F)F)[Si](C)(C)C(C)(C)C)c1. The number of hydrogen-bond acceptors (Lipinski definition) is 3. The van der Waals surface area contributed by atoms with Gasteiger partial charge in [-0.1, -0.05) is 60.7 Å². The summed E-state index contributed by atoms with van der Waals surface area (Å²) in [6.07, 6.45) is -6.05. The molecule has 0 unspecified atom stereocenters. The number of alkyl halides is 5. The Balaban J connectivity index is 3.64. The predicted molar refractivity (Wildman–Crippen MR) is 125 cm³/mol. The summed E-state index contributed by atoms with van der Waals surface area (Å²) in [4.78, 5) is 25.6. The molecular formula is C22H34F5NO3Si2. The van der Waals surface area contributed by atoms with Crippen LogP contribution in [0, 0.1) is 0 Å². The highest BCUT2D eigenvalue weighted by Crippen LogP contribution is 2.45. The van der Waals surface area contributed by atoms with E-state index in [1.807, 2.05) is 33.9 Å². The minimum Gasteiger partial charge on any atom is -0.516 e. The second-order valence-corrected chi connectivity index (χ2v) is 21.0. The van der Waals surface area contributed by atoms with E-state index in [4.69, 9.17) is 4.43 Å². The molecule has 0 radical (unpaired) electrons. The van der Waals surface area contributed by atoms with Crippen molar-refractivity contribution in [1.29, 1.82) is 0 Å². The fourth-order valence-corrected chi connectivity index (χ4v) is 5.50. The maximum absolute atomic E-state index is 14.2. The Morgan fingerprint density at radius 3 is 1.73 bits per heavy atom. The van der Waals surface area contributed by atoms with Crippen molar-refractivity contribution in [3.8, 4) is 0 Å². The zero-order valence-corrected chi connectivity index (χ0v) is 22.9. The number of rotatable bonds is 5. The molecule has 11 heteroatoms. The first kappa shape index (κ1) is 29.3. The van der Waals surface area contributed by atoms with Crippen LogP contribution < -0.4 is 4.57 Å². The summed E-state index contributed by atoms with van der Waals surface area (Å²) in [6, 6.07) is 5.14. The van der Waals surface area contributed by atoms with Crippen LogP contribution in [0.4, 0.5) is 27.6 Å². The molecule has 1 amide bonds. The maximum Gasteiger partial charge on any atom is 0.463 e. The zero-order valence-electron chi connectivity index (χ0n) is 20.9. The molecule has 1 aromatic rings. The van der Waals surface area contributed by atoms with E-state index in [2.05, 4.69) is 0 Å². The van der Waals surface area contributed by atoms with Crippen molar-refractivity contribution >= 4 is 34.1 Å². The number of halogens is 5. The minimum absolute atomic E-state index is 0.0239. The van der Waals surface area contributed by atoms with Gasteiger partial charge in [0.15, 0.2) is 8.24 Å². The van der Waals surface area contributed by atoms with Gasteiger partial charge in [-0.25, -0.2) is 4.79 Å². The van der Waals surface area contributed by atoms with E-state index >= 15 is 0 Å². The van der Waals surface area contributed by atoms with Crippen molar-refractivity contribution in [3.05, 3.63) is 29.8 Å². The molecule has 188 valence electrons. The third kappa shape index (κ3) is 5.85. The van der Waals surface area contributed by atoms with Crippen molar-refractivity contribution in [2.45, 2.75) is 89.9 Å². The quantitative estimate of drug-likeness (QED) is 0.306. The van der Waals surface area contributed by atoms with Crippen molar-refractivity contribution in [2.75, 3.05) is 4.57 Å². The van der Waals surface area contributed by atoms with Crippen molar-refractivity contribution in [3.63, 3.8) is 0 Å². The summed E-state index contributed by atoms with van der Waals surface area (Å²) in [6.45, 7) is 17.6. The maximum atomic E-state index is 14.2. The van der Waals surface area contributed by atoms with Crippen LogP contribution in [0.2, 0.25) is 36.3 Å². The van der Waals surface area contributed by atoms with Gasteiger partial charge in [0, 0.05) is 5.69 Å². The van der Waals surface area contributed by atoms with E-state index in [0.717, 1.165) is 6.07 Å². The Morgan fingerprint density at radius 1 is 0.848 bits per heavy atom. The second kappa shape index (κ2) is 8.79. The normalized spacial score (nSPS) is 14.2. The largest absolute Gasteiger partial charge is 0.516 e. The van der Waals surface area contributed by atoms with Crippen LogP contribution in [0.25, 0.3) is 0 Å². The van der Waals surface area contributed by atoms with Gasteiger partial charge in [0.05, 0.1) is 5.56 Å². The molecule has 0 fully saturated rings. The summed E-state index contributed by atoms with van der Waals surface area (Å²) in [7, 11) is -5.83. The van der Waals surface area contributed by atoms with Gasteiger partial charge >= 0.3 is 18.1 Å². The third-order valence-electron chi connectivity index (χ3n) is 6.72. The van der Waals surface area contributed by atoms with Crippen LogP contribution in [0.15, 0.2) is 24.3 Å². The molecule has 0 atom stereocenters. The van der Waals surface area contributed by atoms with E-state index < -0.39 is 45.6 Å². The van der Waals surface area contributed by atoms with Gasteiger partial charge in [0.2, 0.25) is 0 Å². The summed E-state index contributed by atoms with van der Waals surface area (Å²) in [5.41, 5.74) is -0.218. The molecule has 33 heavy (non-hydrogen) atoms. The van der Waals surface area contributed by atoms with Crippen LogP contribution in [0.5, 0.6) is 0 Å².